The number of halogens is 1. The Kier molecular flexibility index (Phi) is 27.5. The van der Waals surface area contributed by atoms with Gasteiger partial charge in [-0.05, 0) is 65.2 Å². The van der Waals surface area contributed by atoms with Crippen LogP contribution in [0.5, 0.6) is 0 Å². The zero-order chi connectivity index (χ0) is 23.9. The van der Waals surface area contributed by atoms with E-state index in [4.69, 9.17) is 4.43 Å². The normalized spacial score (nSPS) is 13.2. The predicted octanol–water partition coefficient (Wildman–Crippen LogP) is 9.33. The van der Waals surface area contributed by atoms with Crippen molar-refractivity contribution < 1.29 is 4.43 Å². The second-order valence-corrected chi connectivity index (χ2v) is 12.5. The van der Waals surface area contributed by atoms with Gasteiger partial charge in [-0.25, -0.2) is 0 Å². The van der Waals surface area contributed by atoms with Gasteiger partial charge in [0.1, 0.15) is 0 Å². The standard InChI is InChI=1S/C29H63NOSi.ClH/c1-7-10-12-14-15-16-18-20-25-30(6)26-24-28(22-19-17-13-11-8-2)23-21-27-32-31-29(4,5)9-3;/h28H,7-27,32H2,1-6H3;1H. The van der Waals surface area contributed by atoms with E-state index in [2.05, 4.69) is 46.6 Å². The van der Waals surface area contributed by atoms with E-state index in [1.807, 2.05) is 0 Å². The van der Waals surface area contributed by atoms with Crippen LogP contribution in [0.2, 0.25) is 6.04 Å². The fourth-order valence-electron chi connectivity index (χ4n) is 4.49. The summed E-state index contributed by atoms with van der Waals surface area (Å²) in [6, 6.07) is 1.36. The third-order valence-corrected chi connectivity index (χ3v) is 9.15. The van der Waals surface area contributed by atoms with Gasteiger partial charge in [0.15, 0.2) is 9.76 Å². The first-order chi connectivity index (χ1) is 15.4. The molecule has 1 unspecified atom stereocenters. The summed E-state index contributed by atoms with van der Waals surface area (Å²) in [7, 11) is 2.01. The molecule has 202 valence electrons. The lowest BCUT2D eigenvalue weighted by Crippen LogP contribution is -2.25. The molecule has 0 radical (unpaired) electrons. The lowest BCUT2D eigenvalue weighted by atomic mass is 9.93. The van der Waals surface area contributed by atoms with Crippen LogP contribution in [-0.4, -0.2) is 40.4 Å². The van der Waals surface area contributed by atoms with Crippen molar-refractivity contribution in [3.05, 3.63) is 0 Å². The van der Waals surface area contributed by atoms with Gasteiger partial charge >= 0.3 is 0 Å². The maximum Gasteiger partial charge on any atom is 0.162 e. The average Bonchev–Trinajstić information content (AvgIpc) is 2.78. The number of hydrogen-bond donors (Lipinski definition) is 0. The Bertz CT molecular complexity index is 381. The molecule has 0 aromatic carbocycles. The van der Waals surface area contributed by atoms with Crippen molar-refractivity contribution in [3.8, 4) is 0 Å². The molecule has 0 heterocycles. The van der Waals surface area contributed by atoms with Crippen LogP contribution in [0.3, 0.4) is 0 Å². The maximum atomic E-state index is 6.21. The minimum atomic E-state index is -0.341. The van der Waals surface area contributed by atoms with Crippen molar-refractivity contribution in [2.24, 2.45) is 5.92 Å². The van der Waals surface area contributed by atoms with Gasteiger partial charge in [0.25, 0.3) is 0 Å². The molecule has 0 rings (SSSR count). The van der Waals surface area contributed by atoms with Gasteiger partial charge < -0.3 is 9.33 Å². The highest BCUT2D eigenvalue weighted by molar-refractivity contribution is 6.27. The van der Waals surface area contributed by atoms with Crippen molar-refractivity contribution in [1.29, 1.82) is 0 Å². The zero-order valence-electron chi connectivity index (χ0n) is 23.9. The number of unbranched alkanes of at least 4 members (excludes halogenated alkanes) is 11. The molecule has 0 saturated carbocycles. The summed E-state index contributed by atoms with van der Waals surface area (Å²) in [6.45, 7) is 14.0. The van der Waals surface area contributed by atoms with Gasteiger partial charge in [-0.1, -0.05) is 117 Å². The molecule has 0 bridgehead atoms. The summed E-state index contributed by atoms with van der Waals surface area (Å²) in [5, 5.41) is 0. The molecule has 0 spiro atoms. The topological polar surface area (TPSA) is 12.5 Å². The van der Waals surface area contributed by atoms with Crippen LogP contribution in [0.4, 0.5) is 0 Å². The molecule has 4 heteroatoms. The van der Waals surface area contributed by atoms with Crippen LogP contribution in [0.1, 0.15) is 150 Å². The van der Waals surface area contributed by atoms with E-state index in [-0.39, 0.29) is 27.8 Å². The van der Waals surface area contributed by atoms with Crippen LogP contribution in [-0.2, 0) is 4.43 Å². The maximum absolute atomic E-state index is 6.21. The van der Waals surface area contributed by atoms with Gasteiger partial charge in [0.05, 0.1) is 0 Å². The van der Waals surface area contributed by atoms with E-state index in [9.17, 15) is 0 Å². The van der Waals surface area contributed by atoms with E-state index in [0.29, 0.717) is 0 Å². The Morgan fingerprint density at radius 3 is 1.76 bits per heavy atom. The monoisotopic (exact) mass is 505 g/mol. The Labute approximate surface area is 219 Å². The second kappa shape index (κ2) is 25.5. The van der Waals surface area contributed by atoms with E-state index < -0.39 is 0 Å². The largest absolute Gasteiger partial charge is 0.419 e. The molecule has 2 nitrogen and oxygen atoms in total. The highest BCUT2D eigenvalue weighted by Crippen LogP contribution is 2.22. The van der Waals surface area contributed by atoms with Crippen LogP contribution in [0.25, 0.3) is 0 Å². The first-order valence-electron chi connectivity index (χ1n) is 14.8. The Balaban J connectivity index is 0. The van der Waals surface area contributed by atoms with Crippen molar-refractivity contribution >= 4 is 22.2 Å². The minimum absolute atomic E-state index is 0. The van der Waals surface area contributed by atoms with Gasteiger partial charge in [-0.15, -0.1) is 12.4 Å². The molecule has 0 aliphatic carbocycles. The quantitative estimate of drug-likeness (QED) is 0.0904. The SMILES string of the molecule is CCCCCCCCCCN(C)CCC(CCCCCCC)CCC[SiH2]OC(C)(C)CC.Cl. The smallest absolute Gasteiger partial charge is 0.162 e. The Morgan fingerprint density at radius 1 is 0.667 bits per heavy atom. The van der Waals surface area contributed by atoms with E-state index in [1.54, 1.807) is 0 Å². The Morgan fingerprint density at radius 2 is 1.18 bits per heavy atom. The summed E-state index contributed by atoms with van der Waals surface area (Å²) in [5.74, 6) is 0.936. The molecule has 0 N–H and O–H groups in total. The average molecular weight is 506 g/mol. The third-order valence-electron chi connectivity index (χ3n) is 7.38. The van der Waals surface area contributed by atoms with Crippen molar-refractivity contribution in [2.75, 3.05) is 20.1 Å². The van der Waals surface area contributed by atoms with E-state index >= 15 is 0 Å². The molecular weight excluding hydrogens is 442 g/mol. The predicted molar refractivity (Wildman–Crippen MR) is 157 cm³/mol. The third kappa shape index (κ3) is 25.3. The minimum Gasteiger partial charge on any atom is -0.419 e. The summed E-state index contributed by atoms with van der Waals surface area (Å²) >= 11 is 0. The summed E-state index contributed by atoms with van der Waals surface area (Å²) < 4.78 is 6.21. The van der Waals surface area contributed by atoms with E-state index in [1.165, 1.54) is 128 Å². The Hall–Kier alpha value is 0.427. The summed E-state index contributed by atoms with van der Waals surface area (Å²) in [6.07, 6.45) is 25.3. The highest BCUT2D eigenvalue weighted by Gasteiger charge is 2.15. The lowest BCUT2D eigenvalue weighted by Gasteiger charge is -2.24. The molecule has 0 amide bonds. The van der Waals surface area contributed by atoms with Crippen LogP contribution >= 0.6 is 12.4 Å². The van der Waals surface area contributed by atoms with Crippen LogP contribution in [0, 0.1) is 5.92 Å². The number of rotatable bonds is 25. The van der Waals surface area contributed by atoms with Gasteiger partial charge in [0, 0.05) is 5.60 Å². The summed E-state index contributed by atoms with van der Waals surface area (Å²) in [4.78, 5) is 2.61. The molecule has 1 atom stereocenters. The molecule has 0 aromatic heterocycles. The van der Waals surface area contributed by atoms with Crippen molar-refractivity contribution in [1.82, 2.24) is 4.90 Å². The van der Waals surface area contributed by atoms with Crippen LogP contribution in [0.15, 0.2) is 0 Å². The van der Waals surface area contributed by atoms with Crippen molar-refractivity contribution in [2.45, 2.75) is 162 Å². The highest BCUT2D eigenvalue weighted by atomic mass is 35.5. The molecule has 0 aliphatic rings. The van der Waals surface area contributed by atoms with Crippen LogP contribution < -0.4 is 0 Å². The second-order valence-electron chi connectivity index (χ2n) is 11.1. The fourth-order valence-corrected chi connectivity index (χ4v) is 5.88. The summed E-state index contributed by atoms with van der Waals surface area (Å²) in [5.41, 5.74) is 0.114. The molecular formula is C29H64ClNOSi. The van der Waals surface area contributed by atoms with Gasteiger partial charge in [-0.2, -0.15) is 0 Å². The first kappa shape index (κ1) is 35.6. The fraction of sp³-hybridized carbons (Fsp3) is 1.00. The van der Waals surface area contributed by atoms with Crippen molar-refractivity contribution in [3.63, 3.8) is 0 Å². The zero-order valence-corrected chi connectivity index (χ0v) is 26.1. The molecule has 33 heavy (non-hydrogen) atoms. The molecule has 0 saturated heterocycles. The van der Waals surface area contributed by atoms with Gasteiger partial charge in [0.2, 0.25) is 0 Å². The number of hydrogen-bond acceptors (Lipinski definition) is 2. The van der Waals surface area contributed by atoms with E-state index in [0.717, 1.165) is 12.3 Å². The van der Waals surface area contributed by atoms with Gasteiger partial charge in [-0.3, -0.25) is 0 Å². The molecule has 0 aliphatic heterocycles. The molecule has 0 aromatic rings. The first-order valence-corrected chi connectivity index (χ1v) is 16.3. The lowest BCUT2D eigenvalue weighted by molar-refractivity contribution is 0.111. The molecule has 0 fully saturated rings. The number of nitrogens with zero attached hydrogens (tertiary/aromatic N) is 1.